The number of anilines is 1. The van der Waals surface area contributed by atoms with Crippen LogP contribution in [0.5, 0.6) is 0 Å². The van der Waals surface area contributed by atoms with Gasteiger partial charge in [-0.15, -0.1) is 0 Å². The minimum atomic E-state index is -0.248. The third-order valence-electron chi connectivity index (χ3n) is 5.01. The van der Waals surface area contributed by atoms with Crippen molar-refractivity contribution in [3.8, 4) is 6.07 Å². The summed E-state index contributed by atoms with van der Waals surface area (Å²) in [6.07, 6.45) is 1.75. The summed E-state index contributed by atoms with van der Waals surface area (Å²) in [6, 6.07) is 12.2. The van der Waals surface area contributed by atoms with E-state index >= 15 is 0 Å². The summed E-state index contributed by atoms with van der Waals surface area (Å²) in [6.45, 7) is 3.38. The van der Waals surface area contributed by atoms with Crippen molar-refractivity contribution in [1.29, 1.82) is 5.26 Å². The normalized spacial score (nSPS) is 17.8. The highest BCUT2D eigenvalue weighted by molar-refractivity contribution is 5.85. The smallest absolute Gasteiger partial charge is 0.222 e. The van der Waals surface area contributed by atoms with Crippen LogP contribution in [0.2, 0.25) is 0 Å². The molecule has 1 fully saturated rings. The highest BCUT2D eigenvalue weighted by Crippen LogP contribution is 2.31. The van der Waals surface area contributed by atoms with Gasteiger partial charge in [-0.3, -0.25) is 9.20 Å². The molecule has 25 heavy (non-hydrogen) atoms. The Morgan fingerprint density at radius 1 is 1.40 bits per heavy atom. The standard InChI is InChI=1S/C19H19N5O/c1-12-9-17(23-8-4-5-13(11-23)18(21)25)24-16-7-3-2-6-15(16)22-19(24)14(12)10-20/h2-3,6-7,9,13H,4-5,8,11H2,1H3,(H2,21,25). The van der Waals surface area contributed by atoms with Gasteiger partial charge in [0.1, 0.15) is 11.9 Å². The Balaban J connectivity index is 1.97. The van der Waals surface area contributed by atoms with Crippen molar-refractivity contribution in [2.75, 3.05) is 18.0 Å². The number of imidazole rings is 1. The van der Waals surface area contributed by atoms with Crippen LogP contribution in [-0.2, 0) is 4.79 Å². The highest BCUT2D eigenvalue weighted by Gasteiger charge is 2.27. The number of carbonyl (C=O) groups excluding carboxylic acids is 1. The zero-order valence-corrected chi connectivity index (χ0v) is 14.1. The van der Waals surface area contributed by atoms with Gasteiger partial charge in [-0.1, -0.05) is 12.1 Å². The molecule has 3 aromatic rings. The maximum absolute atomic E-state index is 11.7. The predicted octanol–water partition coefficient (Wildman–Crippen LogP) is 2.37. The molecule has 1 atom stereocenters. The van der Waals surface area contributed by atoms with Gasteiger partial charge >= 0.3 is 0 Å². The number of pyridine rings is 1. The largest absolute Gasteiger partial charge is 0.369 e. The first-order chi connectivity index (χ1) is 12.1. The summed E-state index contributed by atoms with van der Waals surface area (Å²) in [7, 11) is 0. The van der Waals surface area contributed by atoms with E-state index in [0.29, 0.717) is 17.8 Å². The van der Waals surface area contributed by atoms with E-state index in [1.807, 2.05) is 41.7 Å². The van der Waals surface area contributed by atoms with E-state index in [4.69, 9.17) is 5.73 Å². The fourth-order valence-corrected chi connectivity index (χ4v) is 3.72. The van der Waals surface area contributed by atoms with E-state index in [0.717, 1.165) is 41.8 Å². The third kappa shape index (κ3) is 2.40. The number of para-hydroxylation sites is 2. The third-order valence-corrected chi connectivity index (χ3v) is 5.01. The number of primary amides is 1. The molecular formula is C19H19N5O. The van der Waals surface area contributed by atoms with Crippen molar-refractivity contribution in [2.45, 2.75) is 19.8 Å². The van der Waals surface area contributed by atoms with Gasteiger partial charge in [0, 0.05) is 13.1 Å². The number of aromatic nitrogens is 2. The van der Waals surface area contributed by atoms with Gasteiger partial charge in [-0.05, 0) is 43.5 Å². The number of hydrogen-bond acceptors (Lipinski definition) is 4. The number of nitrogens with zero attached hydrogens (tertiary/aromatic N) is 4. The summed E-state index contributed by atoms with van der Waals surface area (Å²) < 4.78 is 2.03. The molecule has 3 heterocycles. The number of benzene rings is 1. The Morgan fingerprint density at radius 3 is 2.96 bits per heavy atom. The molecular weight excluding hydrogens is 314 g/mol. The molecule has 1 unspecified atom stereocenters. The number of fused-ring (bicyclic) bond motifs is 3. The lowest BCUT2D eigenvalue weighted by Gasteiger charge is -2.33. The second kappa shape index (κ2) is 5.78. The van der Waals surface area contributed by atoms with Crippen LogP contribution in [0.4, 0.5) is 5.82 Å². The number of nitrogens with two attached hydrogens (primary N) is 1. The highest BCUT2D eigenvalue weighted by atomic mass is 16.1. The maximum Gasteiger partial charge on any atom is 0.222 e. The van der Waals surface area contributed by atoms with Crippen LogP contribution < -0.4 is 10.6 Å². The number of nitriles is 1. The average molecular weight is 333 g/mol. The molecule has 6 nitrogen and oxygen atoms in total. The summed E-state index contributed by atoms with van der Waals surface area (Å²) in [5.74, 6) is 0.572. The Labute approximate surface area is 145 Å². The quantitative estimate of drug-likeness (QED) is 0.780. The van der Waals surface area contributed by atoms with Crippen molar-refractivity contribution in [2.24, 2.45) is 11.7 Å². The maximum atomic E-state index is 11.7. The van der Waals surface area contributed by atoms with Crippen molar-refractivity contribution >= 4 is 28.4 Å². The molecule has 1 saturated heterocycles. The van der Waals surface area contributed by atoms with E-state index in [1.54, 1.807) is 0 Å². The van der Waals surface area contributed by atoms with Crippen molar-refractivity contribution in [3.05, 3.63) is 41.5 Å². The molecule has 1 aromatic carbocycles. The zero-order valence-electron chi connectivity index (χ0n) is 14.1. The molecule has 1 aliphatic rings. The van der Waals surface area contributed by atoms with Gasteiger partial charge in [0.2, 0.25) is 5.91 Å². The molecule has 0 aliphatic carbocycles. The lowest BCUT2D eigenvalue weighted by atomic mass is 9.97. The van der Waals surface area contributed by atoms with Crippen molar-refractivity contribution in [1.82, 2.24) is 9.38 Å². The predicted molar refractivity (Wildman–Crippen MR) is 96.3 cm³/mol. The Hall–Kier alpha value is -3.07. The number of amides is 1. The summed E-state index contributed by atoms with van der Waals surface area (Å²) >= 11 is 0. The zero-order chi connectivity index (χ0) is 17.6. The first-order valence-electron chi connectivity index (χ1n) is 8.45. The van der Waals surface area contributed by atoms with E-state index in [2.05, 4.69) is 16.0 Å². The number of carbonyl (C=O) groups is 1. The van der Waals surface area contributed by atoms with Crippen LogP contribution in [-0.4, -0.2) is 28.4 Å². The Bertz CT molecular complexity index is 1030. The van der Waals surface area contributed by atoms with Gasteiger partial charge in [0.15, 0.2) is 5.65 Å². The molecule has 6 heteroatoms. The van der Waals surface area contributed by atoms with Crippen LogP contribution in [0.15, 0.2) is 30.3 Å². The molecule has 1 aliphatic heterocycles. The topological polar surface area (TPSA) is 87.4 Å². The monoisotopic (exact) mass is 333 g/mol. The Morgan fingerprint density at radius 2 is 2.20 bits per heavy atom. The van der Waals surface area contributed by atoms with Gasteiger partial charge in [0.05, 0.1) is 22.5 Å². The summed E-state index contributed by atoms with van der Waals surface area (Å²) in [5.41, 5.74) is 9.50. The molecule has 126 valence electrons. The summed E-state index contributed by atoms with van der Waals surface area (Å²) in [5, 5.41) is 9.58. The molecule has 0 radical (unpaired) electrons. The fourth-order valence-electron chi connectivity index (χ4n) is 3.72. The van der Waals surface area contributed by atoms with Crippen molar-refractivity contribution in [3.63, 3.8) is 0 Å². The first kappa shape index (κ1) is 15.5. The summed E-state index contributed by atoms with van der Waals surface area (Å²) in [4.78, 5) is 18.5. The lowest BCUT2D eigenvalue weighted by Crippen LogP contribution is -2.41. The van der Waals surface area contributed by atoms with Crippen LogP contribution in [0.25, 0.3) is 16.7 Å². The molecule has 0 spiro atoms. The van der Waals surface area contributed by atoms with Gasteiger partial charge in [-0.25, -0.2) is 4.98 Å². The van der Waals surface area contributed by atoms with Crippen molar-refractivity contribution < 1.29 is 4.79 Å². The van der Waals surface area contributed by atoms with Gasteiger partial charge < -0.3 is 10.6 Å². The molecule has 2 N–H and O–H groups in total. The first-order valence-corrected chi connectivity index (χ1v) is 8.45. The minimum Gasteiger partial charge on any atom is -0.369 e. The van der Waals surface area contributed by atoms with Crippen LogP contribution in [0.1, 0.15) is 24.0 Å². The second-order valence-corrected chi connectivity index (χ2v) is 6.62. The average Bonchev–Trinajstić information content (AvgIpc) is 3.00. The van der Waals surface area contributed by atoms with E-state index in [1.165, 1.54) is 0 Å². The molecule has 0 bridgehead atoms. The SMILES string of the molecule is Cc1cc(N2CCCC(C(N)=O)C2)n2c(nc3ccccc32)c1C#N. The molecule has 2 aromatic heterocycles. The molecule has 0 saturated carbocycles. The second-order valence-electron chi connectivity index (χ2n) is 6.62. The number of rotatable bonds is 2. The number of aryl methyl sites for hydroxylation is 1. The van der Waals surface area contributed by atoms with Gasteiger partial charge in [0.25, 0.3) is 0 Å². The lowest BCUT2D eigenvalue weighted by molar-refractivity contribution is -0.122. The van der Waals surface area contributed by atoms with E-state index in [-0.39, 0.29) is 11.8 Å². The minimum absolute atomic E-state index is 0.144. The van der Waals surface area contributed by atoms with E-state index in [9.17, 15) is 10.1 Å². The van der Waals surface area contributed by atoms with Crippen LogP contribution in [0.3, 0.4) is 0 Å². The molecule has 1 amide bonds. The van der Waals surface area contributed by atoms with Crippen LogP contribution >= 0.6 is 0 Å². The van der Waals surface area contributed by atoms with E-state index < -0.39 is 0 Å². The van der Waals surface area contributed by atoms with Crippen LogP contribution in [0, 0.1) is 24.2 Å². The fraction of sp³-hybridized carbons (Fsp3) is 0.316. The Kier molecular flexibility index (Phi) is 3.57. The number of piperidine rings is 1. The number of hydrogen-bond donors (Lipinski definition) is 1. The van der Waals surface area contributed by atoms with Gasteiger partial charge in [-0.2, -0.15) is 5.26 Å². The molecule has 4 rings (SSSR count).